The summed E-state index contributed by atoms with van der Waals surface area (Å²) in [6.45, 7) is 13.3. The third-order valence-electron chi connectivity index (χ3n) is 2.72. The van der Waals surface area contributed by atoms with Crippen molar-refractivity contribution >= 4 is 9.04 Å². The summed E-state index contributed by atoms with van der Waals surface area (Å²) in [5, 5.41) is 0. The van der Waals surface area contributed by atoms with Gasteiger partial charge in [0.25, 0.3) is 0 Å². The molecule has 17 heavy (non-hydrogen) atoms. The van der Waals surface area contributed by atoms with E-state index in [-0.39, 0.29) is 5.60 Å². The Morgan fingerprint density at radius 2 is 1.53 bits per heavy atom. The molecule has 1 nitrogen and oxygen atoms in total. The highest BCUT2D eigenvalue weighted by Crippen LogP contribution is 2.29. The Kier molecular flexibility index (Phi) is 4.96. The van der Waals surface area contributed by atoms with Gasteiger partial charge in [-0.25, -0.2) is 0 Å². The maximum atomic E-state index is 6.32. The Hall–Kier alpha value is -0.603. The molecular formula is C15H25OSi. The van der Waals surface area contributed by atoms with Gasteiger partial charge < -0.3 is 4.43 Å². The van der Waals surface area contributed by atoms with Gasteiger partial charge in [-0.15, -0.1) is 0 Å². The quantitative estimate of drug-likeness (QED) is 0.712. The van der Waals surface area contributed by atoms with Gasteiger partial charge in [-0.05, 0) is 31.9 Å². The second kappa shape index (κ2) is 5.83. The first kappa shape index (κ1) is 14.5. The van der Waals surface area contributed by atoms with Crippen LogP contribution in [0.15, 0.2) is 30.3 Å². The van der Waals surface area contributed by atoms with Gasteiger partial charge in [0.2, 0.25) is 9.04 Å². The van der Waals surface area contributed by atoms with Crippen LogP contribution >= 0.6 is 0 Å². The lowest BCUT2D eigenvalue weighted by atomic mass is 10.2. The van der Waals surface area contributed by atoms with Crippen LogP contribution in [-0.2, 0) is 4.43 Å². The smallest absolute Gasteiger partial charge is 0.222 e. The van der Waals surface area contributed by atoms with Crippen molar-refractivity contribution in [2.24, 2.45) is 0 Å². The van der Waals surface area contributed by atoms with Crippen molar-refractivity contribution in [3.05, 3.63) is 35.9 Å². The molecule has 2 heteroatoms. The lowest BCUT2D eigenvalue weighted by Gasteiger charge is -2.32. The van der Waals surface area contributed by atoms with E-state index in [0.717, 1.165) is 0 Å². The van der Waals surface area contributed by atoms with Gasteiger partial charge in [0, 0.05) is 11.1 Å². The van der Waals surface area contributed by atoms with Gasteiger partial charge in [0.15, 0.2) is 0 Å². The number of hydrogen-bond donors (Lipinski definition) is 0. The highest BCUT2D eigenvalue weighted by atomic mass is 28.3. The van der Waals surface area contributed by atoms with E-state index in [2.05, 4.69) is 71.9 Å². The van der Waals surface area contributed by atoms with Crippen LogP contribution in [0, 0.1) is 0 Å². The Morgan fingerprint density at radius 1 is 1.00 bits per heavy atom. The van der Waals surface area contributed by atoms with Crippen LogP contribution in [0.1, 0.15) is 52.6 Å². The monoisotopic (exact) mass is 249 g/mol. The van der Waals surface area contributed by atoms with E-state index in [1.54, 1.807) is 0 Å². The molecule has 0 aliphatic heterocycles. The highest BCUT2D eigenvalue weighted by Gasteiger charge is 2.30. The Morgan fingerprint density at radius 3 is 1.94 bits per heavy atom. The molecule has 1 aromatic rings. The fourth-order valence-electron chi connectivity index (χ4n) is 1.97. The van der Waals surface area contributed by atoms with Crippen molar-refractivity contribution in [3.63, 3.8) is 0 Å². The van der Waals surface area contributed by atoms with Crippen LogP contribution in [0.3, 0.4) is 0 Å². The molecule has 0 bridgehead atoms. The molecule has 0 saturated carbocycles. The highest BCUT2D eigenvalue weighted by molar-refractivity contribution is 6.55. The lowest BCUT2D eigenvalue weighted by molar-refractivity contribution is 0.122. The first-order chi connectivity index (χ1) is 7.81. The molecule has 0 amide bonds. The summed E-state index contributed by atoms with van der Waals surface area (Å²) < 4.78 is 6.32. The lowest BCUT2D eigenvalue weighted by Crippen LogP contribution is -2.37. The molecule has 0 fully saturated rings. The fourth-order valence-corrected chi connectivity index (χ4v) is 4.61. The molecule has 1 aromatic carbocycles. The number of benzene rings is 1. The summed E-state index contributed by atoms with van der Waals surface area (Å²) in [6, 6.07) is 10.7. The maximum absolute atomic E-state index is 6.32. The molecule has 0 spiro atoms. The third kappa shape index (κ3) is 4.64. The van der Waals surface area contributed by atoms with E-state index >= 15 is 0 Å². The van der Waals surface area contributed by atoms with E-state index in [1.807, 2.05) is 0 Å². The van der Waals surface area contributed by atoms with Crippen molar-refractivity contribution in [2.45, 2.75) is 58.2 Å². The fraction of sp³-hybridized carbons (Fsp3) is 0.600. The molecule has 1 atom stereocenters. The minimum Gasteiger partial charge on any atom is -0.411 e. The number of rotatable bonds is 4. The molecule has 0 aliphatic carbocycles. The Labute approximate surface area is 108 Å². The molecule has 95 valence electrons. The SMILES string of the molecule is CC(C)[Si](OC(C)(C)C)C(C)c1ccccc1. The molecule has 0 heterocycles. The van der Waals surface area contributed by atoms with E-state index in [0.29, 0.717) is 11.1 Å². The van der Waals surface area contributed by atoms with Gasteiger partial charge in [0.1, 0.15) is 0 Å². The zero-order valence-electron chi connectivity index (χ0n) is 11.9. The van der Waals surface area contributed by atoms with Crippen molar-refractivity contribution in [1.29, 1.82) is 0 Å². The van der Waals surface area contributed by atoms with Crippen molar-refractivity contribution in [3.8, 4) is 0 Å². The van der Waals surface area contributed by atoms with Gasteiger partial charge in [-0.3, -0.25) is 0 Å². The predicted molar refractivity (Wildman–Crippen MR) is 76.5 cm³/mol. The first-order valence-corrected chi connectivity index (χ1v) is 7.98. The van der Waals surface area contributed by atoms with Crippen LogP contribution < -0.4 is 0 Å². The van der Waals surface area contributed by atoms with Crippen molar-refractivity contribution in [1.82, 2.24) is 0 Å². The molecule has 0 aliphatic rings. The topological polar surface area (TPSA) is 9.23 Å². The summed E-state index contributed by atoms with van der Waals surface area (Å²) in [7, 11) is -0.849. The molecule has 0 saturated heterocycles. The van der Waals surface area contributed by atoms with Gasteiger partial charge in [-0.1, -0.05) is 51.1 Å². The summed E-state index contributed by atoms with van der Waals surface area (Å²) in [5.41, 5.74) is 2.51. The second-order valence-electron chi connectivity index (χ2n) is 5.90. The predicted octanol–water partition coefficient (Wildman–Crippen LogP) is 4.55. The average Bonchev–Trinajstić information content (AvgIpc) is 2.25. The molecular weight excluding hydrogens is 224 g/mol. The van der Waals surface area contributed by atoms with Crippen LogP contribution in [-0.4, -0.2) is 14.6 Å². The summed E-state index contributed by atoms with van der Waals surface area (Å²) in [6.07, 6.45) is 0. The van der Waals surface area contributed by atoms with E-state index in [4.69, 9.17) is 4.43 Å². The first-order valence-electron chi connectivity index (χ1n) is 6.42. The normalized spacial score (nSPS) is 14.4. The summed E-state index contributed by atoms with van der Waals surface area (Å²) >= 11 is 0. The zero-order valence-corrected chi connectivity index (χ0v) is 12.9. The molecule has 0 aromatic heterocycles. The maximum Gasteiger partial charge on any atom is 0.222 e. The van der Waals surface area contributed by atoms with Crippen molar-refractivity contribution in [2.75, 3.05) is 0 Å². The van der Waals surface area contributed by atoms with Crippen molar-refractivity contribution < 1.29 is 4.43 Å². The van der Waals surface area contributed by atoms with Crippen LogP contribution in [0.4, 0.5) is 0 Å². The molecule has 0 N–H and O–H groups in total. The second-order valence-corrected chi connectivity index (χ2v) is 8.93. The zero-order chi connectivity index (χ0) is 13.1. The summed E-state index contributed by atoms with van der Waals surface area (Å²) in [4.78, 5) is 0. The standard InChI is InChI=1S/C15H25OSi/c1-12(2)17(16-15(4,5)6)13(3)14-10-8-7-9-11-14/h7-13H,1-6H3. The van der Waals surface area contributed by atoms with Gasteiger partial charge >= 0.3 is 0 Å². The minimum absolute atomic E-state index is 0.0401. The Balaban J connectivity index is 2.85. The van der Waals surface area contributed by atoms with E-state index < -0.39 is 9.04 Å². The third-order valence-corrected chi connectivity index (χ3v) is 5.89. The van der Waals surface area contributed by atoms with Crippen LogP contribution in [0.25, 0.3) is 0 Å². The van der Waals surface area contributed by atoms with Crippen LogP contribution in [0.5, 0.6) is 0 Å². The van der Waals surface area contributed by atoms with Gasteiger partial charge in [0.05, 0.1) is 0 Å². The van der Waals surface area contributed by atoms with Gasteiger partial charge in [-0.2, -0.15) is 0 Å². The van der Waals surface area contributed by atoms with E-state index in [9.17, 15) is 0 Å². The average molecular weight is 249 g/mol. The Bertz CT molecular complexity index is 327. The van der Waals surface area contributed by atoms with Crippen LogP contribution in [0.2, 0.25) is 5.54 Å². The number of hydrogen-bond acceptors (Lipinski definition) is 1. The molecule has 1 rings (SSSR count). The molecule has 1 unspecified atom stereocenters. The minimum atomic E-state index is -0.849. The summed E-state index contributed by atoms with van der Waals surface area (Å²) in [5.74, 6) is 0. The van der Waals surface area contributed by atoms with E-state index in [1.165, 1.54) is 5.56 Å². The largest absolute Gasteiger partial charge is 0.411 e. The molecule has 1 radical (unpaired) electrons.